The molecule has 1 aliphatic carbocycles. The van der Waals surface area contributed by atoms with E-state index in [1.165, 1.54) is 44.2 Å². The standard InChI is InChI=1S/C18H14/c1-11-9-10-16-17-12(2)5-3-7-14(17)15-8-4-6-13(11)18(15)16/h3-10H,1-2H3. The smallest absolute Gasteiger partial charge is 0.00236 e. The van der Waals surface area contributed by atoms with Gasteiger partial charge in [-0.05, 0) is 58.0 Å². The van der Waals surface area contributed by atoms with Crippen molar-refractivity contribution >= 4 is 10.8 Å². The van der Waals surface area contributed by atoms with Gasteiger partial charge in [-0.1, -0.05) is 48.5 Å². The molecule has 0 nitrogen and oxygen atoms in total. The third-order valence-corrected chi connectivity index (χ3v) is 4.09. The van der Waals surface area contributed by atoms with E-state index in [-0.39, 0.29) is 0 Å². The van der Waals surface area contributed by atoms with Crippen LogP contribution in [0.2, 0.25) is 0 Å². The normalized spacial score (nSPS) is 11.9. The van der Waals surface area contributed by atoms with Crippen LogP contribution in [0.1, 0.15) is 11.1 Å². The molecule has 0 spiro atoms. The van der Waals surface area contributed by atoms with Gasteiger partial charge in [0.1, 0.15) is 0 Å². The number of benzene rings is 3. The van der Waals surface area contributed by atoms with Crippen LogP contribution in [0.15, 0.2) is 48.5 Å². The molecule has 0 radical (unpaired) electrons. The Kier molecular flexibility index (Phi) is 1.78. The first kappa shape index (κ1) is 9.90. The molecule has 4 rings (SSSR count). The Morgan fingerprint density at radius 1 is 0.611 bits per heavy atom. The van der Waals surface area contributed by atoms with Gasteiger partial charge in [-0.3, -0.25) is 0 Å². The fraction of sp³-hybridized carbons (Fsp3) is 0.111. The second-order valence-corrected chi connectivity index (χ2v) is 5.16. The van der Waals surface area contributed by atoms with Gasteiger partial charge in [-0.25, -0.2) is 0 Å². The fourth-order valence-electron chi connectivity index (χ4n) is 3.24. The monoisotopic (exact) mass is 230 g/mol. The van der Waals surface area contributed by atoms with E-state index in [1.807, 2.05) is 0 Å². The van der Waals surface area contributed by atoms with Crippen LogP contribution >= 0.6 is 0 Å². The van der Waals surface area contributed by atoms with Gasteiger partial charge >= 0.3 is 0 Å². The SMILES string of the molecule is Cc1cccc2c1-c1ccc(C)c3cccc-2c13. The van der Waals surface area contributed by atoms with Crippen LogP contribution < -0.4 is 0 Å². The maximum absolute atomic E-state index is 2.28. The number of rotatable bonds is 0. The lowest BCUT2D eigenvalue weighted by atomic mass is 9.98. The van der Waals surface area contributed by atoms with E-state index in [0.717, 1.165) is 0 Å². The summed E-state index contributed by atoms with van der Waals surface area (Å²) in [5, 5.41) is 2.82. The maximum atomic E-state index is 2.28. The highest BCUT2D eigenvalue weighted by molar-refractivity contribution is 6.16. The summed E-state index contributed by atoms with van der Waals surface area (Å²) < 4.78 is 0. The maximum Gasteiger partial charge on any atom is -0.00236 e. The molecule has 0 heteroatoms. The molecule has 0 heterocycles. The van der Waals surface area contributed by atoms with Crippen molar-refractivity contribution in [1.82, 2.24) is 0 Å². The third-order valence-electron chi connectivity index (χ3n) is 4.09. The van der Waals surface area contributed by atoms with Crippen molar-refractivity contribution in [2.24, 2.45) is 0 Å². The summed E-state index contributed by atoms with van der Waals surface area (Å²) in [5.74, 6) is 0. The zero-order chi connectivity index (χ0) is 12.3. The van der Waals surface area contributed by atoms with E-state index in [4.69, 9.17) is 0 Å². The fourth-order valence-corrected chi connectivity index (χ4v) is 3.24. The molecule has 0 amide bonds. The molecular weight excluding hydrogens is 216 g/mol. The van der Waals surface area contributed by atoms with Gasteiger partial charge in [0.25, 0.3) is 0 Å². The van der Waals surface area contributed by atoms with Crippen LogP contribution in [0, 0.1) is 13.8 Å². The number of fused-ring (bicyclic) bond motifs is 3. The molecule has 18 heavy (non-hydrogen) atoms. The van der Waals surface area contributed by atoms with Crippen LogP contribution in [0.25, 0.3) is 33.0 Å². The second-order valence-electron chi connectivity index (χ2n) is 5.16. The zero-order valence-electron chi connectivity index (χ0n) is 10.6. The summed E-state index contributed by atoms with van der Waals surface area (Å²) in [7, 11) is 0. The minimum atomic E-state index is 1.36. The van der Waals surface area contributed by atoms with Gasteiger partial charge in [-0.15, -0.1) is 0 Å². The summed E-state index contributed by atoms with van der Waals surface area (Å²) in [6.45, 7) is 4.40. The molecule has 0 unspecified atom stereocenters. The number of hydrogen-bond donors (Lipinski definition) is 0. The number of aryl methyl sites for hydroxylation is 2. The highest BCUT2D eigenvalue weighted by atomic mass is 14.2. The average molecular weight is 230 g/mol. The Bertz CT molecular complexity index is 794. The number of hydrogen-bond acceptors (Lipinski definition) is 0. The minimum absolute atomic E-state index is 1.36. The van der Waals surface area contributed by atoms with E-state index < -0.39 is 0 Å². The summed E-state index contributed by atoms with van der Waals surface area (Å²) >= 11 is 0. The van der Waals surface area contributed by atoms with Gasteiger partial charge in [0, 0.05) is 0 Å². The molecule has 3 aromatic carbocycles. The lowest BCUT2D eigenvalue weighted by Crippen LogP contribution is -1.82. The van der Waals surface area contributed by atoms with Gasteiger partial charge < -0.3 is 0 Å². The molecular formula is C18H14. The molecule has 0 fully saturated rings. The second kappa shape index (κ2) is 3.23. The summed E-state index contributed by atoms with van der Waals surface area (Å²) in [6.07, 6.45) is 0. The molecule has 1 aliphatic rings. The Balaban J connectivity index is 2.30. The first-order chi connectivity index (χ1) is 8.77. The predicted molar refractivity (Wildman–Crippen MR) is 77.9 cm³/mol. The van der Waals surface area contributed by atoms with Crippen molar-refractivity contribution in [2.75, 3.05) is 0 Å². The van der Waals surface area contributed by atoms with Crippen molar-refractivity contribution in [3.05, 3.63) is 59.7 Å². The van der Waals surface area contributed by atoms with Crippen LogP contribution in [-0.4, -0.2) is 0 Å². The zero-order valence-corrected chi connectivity index (χ0v) is 10.6. The summed E-state index contributed by atoms with van der Waals surface area (Å²) in [5.41, 5.74) is 8.34. The Hall–Kier alpha value is -2.08. The van der Waals surface area contributed by atoms with Crippen molar-refractivity contribution in [2.45, 2.75) is 13.8 Å². The molecule has 0 bridgehead atoms. The molecule has 0 atom stereocenters. The Morgan fingerprint density at radius 2 is 1.39 bits per heavy atom. The highest BCUT2D eigenvalue weighted by Crippen LogP contribution is 2.48. The van der Waals surface area contributed by atoms with Crippen molar-refractivity contribution in [1.29, 1.82) is 0 Å². The highest BCUT2D eigenvalue weighted by Gasteiger charge is 2.22. The quantitative estimate of drug-likeness (QED) is 0.394. The van der Waals surface area contributed by atoms with E-state index in [2.05, 4.69) is 62.4 Å². The molecule has 0 saturated heterocycles. The first-order valence-electron chi connectivity index (χ1n) is 6.40. The molecule has 86 valence electrons. The topological polar surface area (TPSA) is 0 Å². The van der Waals surface area contributed by atoms with Crippen molar-refractivity contribution < 1.29 is 0 Å². The van der Waals surface area contributed by atoms with Gasteiger partial charge in [0.05, 0.1) is 0 Å². The van der Waals surface area contributed by atoms with Crippen LogP contribution in [-0.2, 0) is 0 Å². The summed E-state index contributed by atoms with van der Waals surface area (Å²) in [4.78, 5) is 0. The van der Waals surface area contributed by atoms with E-state index in [1.54, 1.807) is 0 Å². The van der Waals surface area contributed by atoms with Gasteiger partial charge in [0.2, 0.25) is 0 Å². The van der Waals surface area contributed by atoms with E-state index in [9.17, 15) is 0 Å². The van der Waals surface area contributed by atoms with Crippen molar-refractivity contribution in [3.8, 4) is 22.3 Å². The predicted octanol–water partition coefficient (Wildman–Crippen LogP) is 5.10. The minimum Gasteiger partial charge on any atom is -0.0613 e. The summed E-state index contributed by atoms with van der Waals surface area (Å²) in [6, 6.07) is 17.8. The lowest BCUT2D eigenvalue weighted by Gasteiger charge is -2.06. The lowest BCUT2D eigenvalue weighted by molar-refractivity contribution is 1.48. The largest absolute Gasteiger partial charge is 0.0613 e. The first-order valence-corrected chi connectivity index (χ1v) is 6.40. The molecule has 0 saturated carbocycles. The molecule has 0 aromatic heterocycles. The average Bonchev–Trinajstić information content (AvgIpc) is 2.72. The molecule has 0 aliphatic heterocycles. The third kappa shape index (κ3) is 1.06. The van der Waals surface area contributed by atoms with Gasteiger partial charge in [0.15, 0.2) is 0 Å². The van der Waals surface area contributed by atoms with Crippen LogP contribution in [0.3, 0.4) is 0 Å². The van der Waals surface area contributed by atoms with Crippen LogP contribution in [0.5, 0.6) is 0 Å². The van der Waals surface area contributed by atoms with E-state index >= 15 is 0 Å². The Labute approximate surface area is 107 Å². The molecule has 3 aromatic rings. The van der Waals surface area contributed by atoms with Crippen molar-refractivity contribution in [3.63, 3.8) is 0 Å². The van der Waals surface area contributed by atoms with Gasteiger partial charge in [-0.2, -0.15) is 0 Å². The molecule has 0 N–H and O–H groups in total. The van der Waals surface area contributed by atoms with E-state index in [0.29, 0.717) is 0 Å². The van der Waals surface area contributed by atoms with Crippen LogP contribution in [0.4, 0.5) is 0 Å². The Morgan fingerprint density at radius 3 is 2.28 bits per heavy atom.